The number of hydrogen-bond acceptors (Lipinski definition) is 4. The Bertz CT molecular complexity index is 507. The van der Waals surface area contributed by atoms with Gasteiger partial charge in [-0.3, -0.25) is 0 Å². The van der Waals surface area contributed by atoms with Gasteiger partial charge >= 0.3 is 0 Å². The number of nitrogens with zero attached hydrogens (tertiary/aromatic N) is 2. The molecule has 0 amide bonds. The van der Waals surface area contributed by atoms with Crippen LogP contribution in [0.1, 0.15) is 24.6 Å². The summed E-state index contributed by atoms with van der Waals surface area (Å²) < 4.78 is 18.1. The lowest BCUT2D eigenvalue weighted by Crippen LogP contribution is -2.14. The number of pyridine rings is 1. The number of hydrogen-bond donors (Lipinski definition) is 1. The zero-order valence-corrected chi connectivity index (χ0v) is 10.5. The zero-order valence-electron chi connectivity index (χ0n) is 10.5. The van der Waals surface area contributed by atoms with Crippen molar-refractivity contribution >= 4 is 0 Å². The first kappa shape index (κ1) is 12.7. The van der Waals surface area contributed by atoms with E-state index in [9.17, 15) is 4.39 Å². The Labute approximate surface area is 105 Å². The highest BCUT2D eigenvalue weighted by atomic mass is 19.1. The second-order valence-corrected chi connectivity index (χ2v) is 4.12. The predicted molar refractivity (Wildman–Crippen MR) is 66.4 cm³/mol. The zero-order chi connectivity index (χ0) is 13.0. The van der Waals surface area contributed by atoms with Crippen LogP contribution in [0.3, 0.4) is 0 Å². The Balaban J connectivity index is 2.17. The highest BCUT2D eigenvalue weighted by molar-refractivity contribution is 5.56. The second-order valence-electron chi connectivity index (χ2n) is 4.12. The molecule has 2 rings (SSSR count). The van der Waals surface area contributed by atoms with Crippen molar-refractivity contribution in [3.63, 3.8) is 0 Å². The van der Waals surface area contributed by atoms with E-state index in [0.29, 0.717) is 18.0 Å². The van der Waals surface area contributed by atoms with Crippen LogP contribution < -0.4 is 5.32 Å². The number of aromatic nitrogens is 2. The molecule has 96 valence electrons. The van der Waals surface area contributed by atoms with Gasteiger partial charge in [-0.05, 0) is 32.0 Å². The second kappa shape index (κ2) is 5.73. The maximum absolute atomic E-state index is 12.8. The van der Waals surface area contributed by atoms with Gasteiger partial charge in [0.2, 0.25) is 0 Å². The van der Waals surface area contributed by atoms with Crippen LogP contribution in [-0.2, 0) is 6.54 Å². The summed E-state index contributed by atoms with van der Waals surface area (Å²) in [5.74, 6) is 0.240. The molecule has 5 heteroatoms. The molecule has 0 saturated carbocycles. The third-order valence-electron chi connectivity index (χ3n) is 2.70. The van der Waals surface area contributed by atoms with Gasteiger partial charge in [-0.2, -0.15) is 0 Å². The molecule has 4 nitrogen and oxygen atoms in total. The summed E-state index contributed by atoms with van der Waals surface area (Å²) in [4.78, 5) is 3.99. The molecular formula is C13H16FN3O. The Morgan fingerprint density at radius 1 is 1.39 bits per heavy atom. The van der Waals surface area contributed by atoms with Gasteiger partial charge in [0.05, 0.1) is 6.20 Å². The Hall–Kier alpha value is -1.75. The van der Waals surface area contributed by atoms with E-state index in [1.54, 1.807) is 6.07 Å². The molecule has 0 aliphatic heterocycles. The lowest BCUT2D eigenvalue weighted by atomic mass is 10.1. The average Bonchev–Trinajstić information content (AvgIpc) is 2.73. The lowest BCUT2D eigenvalue weighted by Gasteiger charge is -2.00. The maximum Gasteiger partial charge on any atom is 0.188 e. The minimum atomic E-state index is -0.360. The first-order valence-electron chi connectivity index (χ1n) is 6.00. The molecule has 0 aromatic carbocycles. The Kier molecular flexibility index (Phi) is 4.04. The Morgan fingerprint density at radius 2 is 2.22 bits per heavy atom. The summed E-state index contributed by atoms with van der Waals surface area (Å²) in [6, 6.07) is 2.95. The summed E-state index contributed by atoms with van der Waals surface area (Å²) in [6.07, 6.45) is 2.25. The van der Waals surface area contributed by atoms with Gasteiger partial charge in [0, 0.05) is 12.1 Å². The van der Waals surface area contributed by atoms with Gasteiger partial charge in [0.25, 0.3) is 0 Å². The van der Waals surface area contributed by atoms with E-state index in [1.165, 1.54) is 12.3 Å². The van der Waals surface area contributed by atoms with Crippen molar-refractivity contribution in [2.24, 2.45) is 0 Å². The summed E-state index contributed by atoms with van der Waals surface area (Å²) in [7, 11) is 0. The first-order valence-corrected chi connectivity index (χ1v) is 6.00. The van der Waals surface area contributed by atoms with Gasteiger partial charge in [-0.25, -0.2) is 9.37 Å². The number of nitrogens with one attached hydrogen (secondary N) is 1. The molecule has 2 heterocycles. The van der Waals surface area contributed by atoms with E-state index < -0.39 is 0 Å². The molecule has 0 saturated heterocycles. The van der Waals surface area contributed by atoms with Crippen LogP contribution in [-0.4, -0.2) is 16.7 Å². The van der Waals surface area contributed by atoms with Crippen molar-refractivity contribution < 1.29 is 8.91 Å². The molecule has 1 N–H and O–H groups in total. The van der Waals surface area contributed by atoms with Gasteiger partial charge in [0.15, 0.2) is 5.76 Å². The van der Waals surface area contributed by atoms with Crippen LogP contribution in [0.4, 0.5) is 4.39 Å². The minimum Gasteiger partial charge on any atom is -0.354 e. The normalized spacial score (nSPS) is 10.8. The molecule has 0 aliphatic rings. The van der Waals surface area contributed by atoms with Crippen LogP contribution in [0.2, 0.25) is 0 Å². The van der Waals surface area contributed by atoms with Crippen molar-refractivity contribution in [2.45, 2.75) is 26.8 Å². The van der Waals surface area contributed by atoms with Crippen LogP contribution >= 0.6 is 0 Å². The third-order valence-corrected chi connectivity index (χ3v) is 2.70. The fourth-order valence-electron chi connectivity index (χ4n) is 1.67. The van der Waals surface area contributed by atoms with Crippen LogP contribution in [0.15, 0.2) is 22.9 Å². The van der Waals surface area contributed by atoms with E-state index in [4.69, 9.17) is 4.52 Å². The maximum atomic E-state index is 12.8. The molecule has 0 fully saturated rings. The van der Waals surface area contributed by atoms with Gasteiger partial charge in [-0.15, -0.1) is 0 Å². The van der Waals surface area contributed by atoms with Crippen molar-refractivity contribution in [2.75, 3.05) is 6.54 Å². The van der Waals surface area contributed by atoms with E-state index >= 15 is 0 Å². The molecular weight excluding hydrogens is 233 g/mol. The Morgan fingerprint density at radius 3 is 2.89 bits per heavy atom. The van der Waals surface area contributed by atoms with E-state index in [2.05, 4.69) is 22.4 Å². The fourth-order valence-corrected chi connectivity index (χ4v) is 1.67. The van der Waals surface area contributed by atoms with Gasteiger partial charge in [-0.1, -0.05) is 12.1 Å². The monoisotopic (exact) mass is 249 g/mol. The van der Waals surface area contributed by atoms with Crippen molar-refractivity contribution in [3.05, 3.63) is 35.4 Å². The van der Waals surface area contributed by atoms with Gasteiger partial charge in [0.1, 0.15) is 17.2 Å². The molecule has 0 aliphatic carbocycles. The van der Waals surface area contributed by atoms with Crippen LogP contribution in [0.25, 0.3) is 11.5 Å². The first-order chi connectivity index (χ1) is 8.72. The quantitative estimate of drug-likeness (QED) is 0.828. The highest BCUT2D eigenvalue weighted by Gasteiger charge is 2.14. The highest BCUT2D eigenvalue weighted by Crippen LogP contribution is 2.23. The molecule has 0 bridgehead atoms. The number of halogens is 1. The van der Waals surface area contributed by atoms with Gasteiger partial charge < -0.3 is 9.84 Å². The predicted octanol–water partition coefficient (Wildman–Crippen LogP) is 2.68. The minimum absolute atomic E-state index is 0.360. The van der Waals surface area contributed by atoms with Crippen molar-refractivity contribution in [3.8, 4) is 11.5 Å². The van der Waals surface area contributed by atoms with E-state index in [0.717, 1.165) is 24.2 Å². The van der Waals surface area contributed by atoms with Crippen LogP contribution in [0.5, 0.6) is 0 Å². The largest absolute Gasteiger partial charge is 0.354 e. The fraction of sp³-hybridized carbons (Fsp3) is 0.385. The summed E-state index contributed by atoms with van der Waals surface area (Å²) in [5.41, 5.74) is 2.41. The van der Waals surface area contributed by atoms with E-state index in [1.807, 2.05) is 6.92 Å². The molecule has 0 radical (unpaired) electrons. The SMILES string of the molecule is CCCNCc1noc(-c2ccc(F)cn2)c1C. The number of rotatable bonds is 5. The summed E-state index contributed by atoms with van der Waals surface area (Å²) >= 11 is 0. The molecule has 0 atom stereocenters. The van der Waals surface area contributed by atoms with Crippen molar-refractivity contribution in [1.82, 2.24) is 15.5 Å². The standard InChI is InChI=1S/C13H16FN3O/c1-3-6-15-8-12-9(2)13(18-17-12)11-5-4-10(14)7-16-11/h4-5,7,15H,3,6,8H2,1-2H3. The lowest BCUT2D eigenvalue weighted by molar-refractivity contribution is 0.418. The van der Waals surface area contributed by atoms with Crippen LogP contribution in [0, 0.1) is 12.7 Å². The summed E-state index contributed by atoms with van der Waals surface area (Å²) in [6.45, 7) is 5.65. The molecule has 0 unspecified atom stereocenters. The molecule has 2 aromatic heterocycles. The smallest absolute Gasteiger partial charge is 0.188 e. The average molecular weight is 249 g/mol. The van der Waals surface area contributed by atoms with Crippen molar-refractivity contribution in [1.29, 1.82) is 0 Å². The van der Waals surface area contributed by atoms with E-state index in [-0.39, 0.29) is 5.82 Å². The molecule has 2 aromatic rings. The molecule has 18 heavy (non-hydrogen) atoms. The third kappa shape index (κ3) is 2.73. The summed E-state index contributed by atoms with van der Waals surface area (Å²) in [5, 5.41) is 7.28. The topological polar surface area (TPSA) is 51.0 Å². The molecule has 0 spiro atoms.